The lowest BCUT2D eigenvalue weighted by molar-refractivity contribution is -0.136. The molecular formula is C31H27BrN2O5S. The second-order valence-corrected chi connectivity index (χ2v) is 10.9. The fraction of sp³-hybridized carbons (Fsp3) is 0.194. The molecule has 1 aliphatic rings. The number of ether oxygens (including phenoxy) is 3. The minimum atomic E-state index is -0.645. The van der Waals surface area contributed by atoms with Crippen LogP contribution < -0.4 is 24.4 Å². The topological polar surface area (TPSA) is 79.1 Å². The Labute approximate surface area is 243 Å². The molecule has 1 aliphatic heterocycles. The van der Waals surface area contributed by atoms with Gasteiger partial charge in [0, 0.05) is 4.47 Å². The van der Waals surface area contributed by atoms with Crippen LogP contribution in [0, 0.1) is 0 Å². The standard InChI is InChI=1S/C31H27BrN2O5S/c1-4-23-27(30(36)38-3)28(20-13-9-6-10-14-20)34-29(35)26(40-31(34)33-23)16-21-15-24(37-2)25(17-22(21)32)39-18-19-11-7-5-8-12-19/h5-17,28H,4,18H2,1-3H3/b26-16-/t28-/m1/s1. The Hall–Kier alpha value is -3.95. The molecule has 0 saturated heterocycles. The molecule has 3 aromatic carbocycles. The average molecular weight is 620 g/mol. The lowest BCUT2D eigenvalue weighted by atomic mass is 9.95. The number of esters is 1. The number of carbonyl (C=O) groups is 1. The molecule has 0 saturated carbocycles. The summed E-state index contributed by atoms with van der Waals surface area (Å²) in [6.45, 7) is 2.33. The van der Waals surface area contributed by atoms with Crippen LogP contribution in [-0.4, -0.2) is 24.8 Å². The predicted molar refractivity (Wildman–Crippen MR) is 158 cm³/mol. The second kappa shape index (κ2) is 12.1. The van der Waals surface area contributed by atoms with E-state index in [0.717, 1.165) is 21.2 Å². The quantitative estimate of drug-likeness (QED) is 0.255. The number of aromatic nitrogens is 1. The summed E-state index contributed by atoms with van der Waals surface area (Å²) in [5.41, 5.74) is 3.32. The third-order valence-electron chi connectivity index (χ3n) is 6.57. The first-order valence-electron chi connectivity index (χ1n) is 12.7. The second-order valence-electron chi connectivity index (χ2n) is 9.00. The third kappa shape index (κ3) is 5.39. The number of halogens is 1. The molecule has 0 bridgehead atoms. The van der Waals surface area contributed by atoms with Gasteiger partial charge in [0.2, 0.25) is 0 Å². The number of thiazole rings is 1. The Balaban J connectivity index is 1.60. The van der Waals surface area contributed by atoms with Crippen LogP contribution in [0.15, 0.2) is 98.3 Å². The molecule has 0 unspecified atom stereocenters. The molecule has 0 radical (unpaired) electrons. The minimum absolute atomic E-state index is 0.246. The summed E-state index contributed by atoms with van der Waals surface area (Å²) in [5, 5.41) is 0. The zero-order valence-electron chi connectivity index (χ0n) is 22.2. The fourth-order valence-corrected chi connectivity index (χ4v) is 6.07. The number of carbonyl (C=O) groups excluding carboxylic acids is 1. The van der Waals surface area contributed by atoms with Gasteiger partial charge in [-0.1, -0.05) is 94.9 Å². The molecule has 1 aromatic heterocycles. The van der Waals surface area contributed by atoms with Gasteiger partial charge in [0.15, 0.2) is 16.3 Å². The van der Waals surface area contributed by atoms with Crippen molar-refractivity contribution in [2.75, 3.05) is 14.2 Å². The Bertz CT molecular complexity index is 1760. The zero-order chi connectivity index (χ0) is 28.2. The first kappa shape index (κ1) is 27.6. The van der Waals surface area contributed by atoms with Crippen LogP contribution in [0.1, 0.15) is 36.1 Å². The maximum absolute atomic E-state index is 13.9. The molecule has 0 fully saturated rings. The number of benzene rings is 3. The number of nitrogens with zero attached hydrogens (tertiary/aromatic N) is 2. The molecule has 0 spiro atoms. The van der Waals surface area contributed by atoms with Gasteiger partial charge < -0.3 is 14.2 Å². The van der Waals surface area contributed by atoms with Crippen molar-refractivity contribution in [3.8, 4) is 11.5 Å². The first-order valence-corrected chi connectivity index (χ1v) is 14.3. The van der Waals surface area contributed by atoms with E-state index in [0.29, 0.717) is 45.1 Å². The predicted octanol–water partition coefficient (Wildman–Crippen LogP) is 5.15. The SMILES string of the molecule is CCC1=C(C(=O)OC)[C@@H](c2ccccc2)n2c(s/c(=C\c3cc(OC)c(OCc4ccccc4)cc3Br)c2=O)=N1. The van der Waals surface area contributed by atoms with Crippen molar-refractivity contribution in [2.24, 2.45) is 4.99 Å². The Morgan fingerprint density at radius 1 is 1.05 bits per heavy atom. The van der Waals surface area contributed by atoms with Crippen LogP contribution in [0.2, 0.25) is 0 Å². The number of hydrogen-bond acceptors (Lipinski definition) is 7. The van der Waals surface area contributed by atoms with E-state index in [-0.39, 0.29) is 5.56 Å². The van der Waals surface area contributed by atoms with Gasteiger partial charge in [-0.05, 0) is 41.3 Å². The molecule has 40 heavy (non-hydrogen) atoms. The number of hydrogen-bond donors (Lipinski definition) is 0. The van der Waals surface area contributed by atoms with Gasteiger partial charge >= 0.3 is 5.97 Å². The van der Waals surface area contributed by atoms with Crippen molar-refractivity contribution in [3.05, 3.63) is 125 Å². The third-order valence-corrected chi connectivity index (χ3v) is 8.24. The van der Waals surface area contributed by atoms with Crippen molar-refractivity contribution in [1.82, 2.24) is 4.57 Å². The van der Waals surface area contributed by atoms with E-state index < -0.39 is 12.0 Å². The summed E-state index contributed by atoms with van der Waals surface area (Å²) >= 11 is 4.91. The van der Waals surface area contributed by atoms with Gasteiger partial charge in [-0.3, -0.25) is 9.36 Å². The van der Waals surface area contributed by atoms with Crippen LogP contribution in [-0.2, 0) is 16.1 Å². The maximum atomic E-state index is 13.9. The highest BCUT2D eigenvalue weighted by atomic mass is 79.9. The maximum Gasteiger partial charge on any atom is 0.338 e. The minimum Gasteiger partial charge on any atom is -0.493 e. The van der Waals surface area contributed by atoms with Gasteiger partial charge in [0.1, 0.15) is 6.61 Å². The molecule has 7 nitrogen and oxygen atoms in total. The van der Waals surface area contributed by atoms with E-state index in [1.165, 1.54) is 18.4 Å². The summed E-state index contributed by atoms with van der Waals surface area (Å²) in [7, 11) is 2.92. The highest BCUT2D eigenvalue weighted by Crippen LogP contribution is 2.35. The van der Waals surface area contributed by atoms with Gasteiger partial charge in [0.25, 0.3) is 5.56 Å². The van der Waals surface area contributed by atoms with E-state index in [9.17, 15) is 9.59 Å². The summed E-state index contributed by atoms with van der Waals surface area (Å²) < 4.78 is 19.6. The molecule has 0 aliphatic carbocycles. The van der Waals surface area contributed by atoms with Crippen molar-refractivity contribution in [3.63, 3.8) is 0 Å². The van der Waals surface area contributed by atoms with Gasteiger partial charge in [-0.15, -0.1) is 0 Å². The van der Waals surface area contributed by atoms with Gasteiger partial charge in [0.05, 0.1) is 36.1 Å². The smallest absolute Gasteiger partial charge is 0.338 e. The van der Waals surface area contributed by atoms with E-state index in [1.807, 2.05) is 79.7 Å². The van der Waals surface area contributed by atoms with Crippen molar-refractivity contribution >= 4 is 39.3 Å². The average Bonchev–Trinajstić information content (AvgIpc) is 3.30. The molecule has 9 heteroatoms. The summed E-state index contributed by atoms with van der Waals surface area (Å²) in [6, 6.07) is 22.4. The number of rotatable bonds is 8. The zero-order valence-corrected chi connectivity index (χ0v) is 24.6. The highest BCUT2D eigenvalue weighted by Gasteiger charge is 2.33. The number of methoxy groups -OCH3 is 2. The molecule has 4 aromatic rings. The largest absolute Gasteiger partial charge is 0.493 e. The Morgan fingerprint density at radius 2 is 1.75 bits per heavy atom. The van der Waals surface area contributed by atoms with Crippen LogP contribution in [0.25, 0.3) is 6.08 Å². The Morgan fingerprint density at radius 3 is 2.40 bits per heavy atom. The molecule has 5 rings (SSSR count). The van der Waals surface area contributed by atoms with Crippen molar-refractivity contribution in [1.29, 1.82) is 0 Å². The van der Waals surface area contributed by atoms with E-state index in [1.54, 1.807) is 17.8 Å². The molecule has 0 N–H and O–H groups in total. The van der Waals surface area contributed by atoms with Crippen LogP contribution >= 0.6 is 27.3 Å². The van der Waals surface area contributed by atoms with Gasteiger partial charge in [-0.2, -0.15) is 0 Å². The fourth-order valence-electron chi connectivity index (χ4n) is 4.63. The number of fused-ring (bicyclic) bond motifs is 1. The molecule has 2 heterocycles. The van der Waals surface area contributed by atoms with Crippen molar-refractivity contribution < 1.29 is 19.0 Å². The van der Waals surface area contributed by atoms with Gasteiger partial charge in [-0.25, -0.2) is 9.79 Å². The van der Waals surface area contributed by atoms with E-state index >= 15 is 0 Å². The van der Waals surface area contributed by atoms with E-state index in [2.05, 4.69) is 15.9 Å². The monoisotopic (exact) mass is 618 g/mol. The van der Waals surface area contributed by atoms with E-state index in [4.69, 9.17) is 19.2 Å². The molecule has 204 valence electrons. The number of allylic oxidation sites excluding steroid dienone is 1. The first-order chi connectivity index (χ1) is 19.4. The lowest BCUT2D eigenvalue weighted by Crippen LogP contribution is -2.40. The van der Waals surface area contributed by atoms with Crippen molar-refractivity contribution in [2.45, 2.75) is 26.0 Å². The lowest BCUT2D eigenvalue weighted by Gasteiger charge is -2.25. The molecular weight excluding hydrogens is 592 g/mol. The molecule has 0 amide bonds. The highest BCUT2D eigenvalue weighted by molar-refractivity contribution is 9.10. The van der Waals surface area contributed by atoms with Crippen LogP contribution in [0.4, 0.5) is 0 Å². The summed E-state index contributed by atoms with van der Waals surface area (Å²) in [6.07, 6.45) is 2.32. The normalized spacial score (nSPS) is 14.9. The van der Waals surface area contributed by atoms with Crippen LogP contribution in [0.5, 0.6) is 11.5 Å². The summed E-state index contributed by atoms with van der Waals surface area (Å²) in [4.78, 5) is 32.1. The summed E-state index contributed by atoms with van der Waals surface area (Å²) in [5.74, 6) is 0.625. The van der Waals surface area contributed by atoms with Crippen LogP contribution in [0.3, 0.4) is 0 Å². The Kier molecular flexibility index (Phi) is 8.32. The molecule has 1 atom stereocenters.